The fourth-order valence-electron chi connectivity index (χ4n) is 10.7. The normalized spacial score (nSPS) is 12.3. The van der Waals surface area contributed by atoms with Crippen LogP contribution in [0.1, 0.15) is 63.8 Å². The molecular weight excluding hydrogens is 867 g/mol. The number of anilines is 6. The van der Waals surface area contributed by atoms with Gasteiger partial charge in [0.2, 0.25) is 0 Å². The van der Waals surface area contributed by atoms with E-state index in [2.05, 4.69) is 270 Å². The summed E-state index contributed by atoms with van der Waals surface area (Å²) in [5.74, 6) is 0. The zero-order valence-electron chi connectivity index (χ0n) is 41.3. The molecule has 2 heterocycles. The van der Waals surface area contributed by atoms with Crippen LogP contribution in [0.25, 0.3) is 69.2 Å². The fraction of sp³-hybridized carbons (Fsp3) is 0.152. The second-order valence-corrected chi connectivity index (χ2v) is 22.2. The highest BCUT2D eigenvalue weighted by molar-refractivity contribution is 7.26. The highest BCUT2D eigenvalue weighted by Gasteiger charge is 2.27. The molecule has 0 radical (unpaired) electrons. The van der Waals surface area contributed by atoms with Crippen molar-refractivity contribution in [2.24, 2.45) is 0 Å². The first kappa shape index (κ1) is 43.6. The standard InChI is InChI=1S/C66H57N3S/c1-42-24-32-46(33-25-42)67(48-36-28-44(29-37-48)65(3,4)5)57-40-59-62(53-19-11-9-16-50(53)57)63-54-20-12-10-17-51(54)58(68(47-34-26-43(2)27-35-47)49-38-30-45(31-39-49)66(6,7)8)41-60(63)69(59)56-22-15-21-55-52-18-13-14-23-61(52)70-64(55)56/h9-41H,1-8H3. The van der Waals surface area contributed by atoms with E-state index in [0.29, 0.717) is 0 Å². The van der Waals surface area contributed by atoms with Crippen molar-refractivity contribution in [2.45, 2.75) is 66.2 Å². The Labute approximate surface area is 415 Å². The molecule has 10 aromatic carbocycles. The van der Waals surface area contributed by atoms with Crippen molar-refractivity contribution in [2.75, 3.05) is 9.80 Å². The predicted molar refractivity (Wildman–Crippen MR) is 305 cm³/mol. The Balaban J connectivity index is 1.25. The van der Waals surface area contributed by atoms with Gasteiger partial charge in [0, 0.05) is 59.8 Å². The summed E-state index contributed by atoms with van der Waals surface area (Å²) < 4.78 is 5.16. The molecule has 0 N–H and O–H groups in total. The molecule has 4 heteroatoms. The molecule has 70 heavy (non-hydrogen) atoms. The lowest BCUT2D eigenvalue weighted by Crippen LogP contribution is -2.13. The molecule has 12 aromatic rings. The lowest BCUT2D eigenvalue weighted by atomic mass is 9.87. The highest BCUT2D eigenvalue weighted by atomic mass is 32.1. The monoisotopic (exact) mass is 923 g/mol. The minimum absolute atomic E-state index is 0.0277. The summed E-state index contributed by atoms with van der Waals surface area (Å²) in [5.41, 5.74) is 15.4. The molecule has 0 aliphatic heterocycles. The second-order valence-electron chi connectivity index (χ2n) is 21.2. The Morgan fingerprint density at radius 2 is 0.743 bits per heavy atom. The largest absolute Gasteiger partial charge is 0.310 e. The van der Waals surface area contributed by atoms with E-state index < -0.39 is 0 Å². The van der Waals surface area contributed by atoms with Crippen molar-refractivity contribution in [1.82, 2.24) is 4.57 Å². The third-order valence-corrected chi connectivity index (χ3v) is 15.6. The van der Waals surface area contributed by atoms with Gasteiger partial charge in [-0.1, -0.05) is 180 Å². The lowest BCUT2D eigenvalue weighted by molar-refractivity contribution is 0.590. The van der Waals surface area contributed by atoms with Gasteiger partial charge in [-0.25, -0.2) is 0 Å². The summed E-state index contributed by atoms with van der Waals surface area (Å²) in [6.45, 7) is 18.1. The Morgan fingerprint density at radius 1 is 0.371 bits per heavy atom. The molecule has 0 saturated carbocycles. The van der Waals surface area contributed by atoms with E-state index in [1.165, 1.54) is 80.4 Å². The predicted octanol–water partition coefficient (Wildman–Crippen LogP) is 19.6. The van der Waals surface area contributed by atoms with Crippen LogP contribution in [0.15, 0.2) is 200 Å². The molecule has 0 saturated heterocycles. The maximum Gasteiger partial charge on any atom is 0.0640 e. The van der Waals surface area contributed by atoms with Crippen LogP contribution in [0.5, 0.6) is 0 Å². The zero-order valence-corrected chi connectivity index (χ0v) is 42.1. The molecule has 3 nitrogen and oxygen atoms in total. The second kappa shape index (κ2) is 16.5. The first-order valence-corrected chi connectivity index (χ1v) is 25.4. The van der Waals surface area contributed by atoms with E-state index in [0.717, 1.165) is 45.2 Å². The smallest absolute Gasteiger partial charge is 0.0640 e. The molecule has 0 bridgehead atoms. The molecule has 342 valence electrons. The molecule has 0 fully saturated rings. The molecular formula is C66H57N3S. The Morgan fingerprint density at radius 3 is 1.17 bits per heavy atom. The molecule has 0 unspecified atom stereocenters. The van der Waals surface area contributed by atoms with Gasteiger partial charge < -0.3 is 14.4 Å². The number of hydrogen-bond acceptors (Lipinski definition) is 3. The summed E-state index contributed by atoms with van der Waals surface area (Å²) in [6.07, 6.45) is 0. The molecule has 2 aromatic heterocycles. The van der Waals surface area contributed by atoms with Gasteiger partial charge in [-0.3, -0.25) is 0 Å². The SMILES string of the molecule is Cc1ccc(N(c2ccc(C(C)(C)C)cc2)c2cc3c(c4ccccc24)c2c4ccccc4c(N(c4ccc(C)cc4)c4ccc(C(C)(C)C)cc4)cc2n3-c2cccc3c2sc2ccccc23)cc1. The van der Waals surface area contributed by atoms with Crippen LogP contribution in [0.4, 0.5) is 34.1 Å². The van der Waals surface area contributed by atoms with Crippen molar-refractivity contribution in [3.8, 4) is 5.69 Å². The van der Waals surface area contributed by atoms with Crippen LogP contribution in [0.3, 0.4) is 0 Å². The topological polar surface area (TPSA) is 11.4 Å². The van der Waals surface area contributed by atoms with E-state index in [9.17, 15) is 0 Å². The van der Waals surface area contributed by atoms with Crippen LogP contribution in [0, 0.1) is 13.8 Å². The molecule has 0 spiro atoms. The van der Waals surface area contributed by atoms with Crippen LogP contribution in [-0.4, -0.2) is 4.57 Å². The fourth-order valence-corrected chi connectivity index (χ4v) is 11.9. The van der Waals surface area contributed by atoms with Crippen LogP contribution >= 0.6 is 11.3 Å². The van der Waals surface area contributed by atoms with Crippen molar-refractivity contribution in [3.63, 3.8) is 0 Å². The molecule has 0 aliphatic rings. The maximum absolute atomic E-state index is 2.60. The van der Waals surface area contributed by atoms with Gasteiger partial charge >= 0.3 is 0 Å². The van der Waals surface area contributed by atoms with E-state index in [-0.39, 0.29) is 10.8 Å². The number of benzene rings is 10. The van der Waals surface area contributed by atoms with Gasteiger partial charge in [0.15, 0.2) is 0 Å². The van der Waals surface area contributed by atoms with Gasteiger partial charge in [-0.2, -0.15) is 0 Å². The number of fused-ring (bicyclic) bond motifs is 10. The third-order valence-electron chi connectivity index (χ3n) is 14.4. The van der Waals surface area contributed by atoms with E-state index >= 15 is 0 Å². The highest BCUT2D eigenvalue weighted by Crippen LogP contribution is 2.51. The minimum Gasteiger partial charge on any atom is -0.310 e. The number of rotatable bonds is 7. The van der Waals surface area contributed by atoms with E-state index in [1.807, 2.05) is 11.3 Å². The van der Waals surface area contributed by atoms with Crippen LogP contribution in [0.2, 0.25) is 0 Å². The van der Waals surface area contributed by atoms with Crippen molar-refractivity contribution in [1.29, 1.82) is 0 Å². The van der Waals surface area contributed by atoms with Gasteiger partial charge in [-0.15, -0.1) is 11.3 Å². The number of thiophene rings is 1. The first-order chi connectivity index (χ1) is 33.8. The summed E-state index contributed by atoms with van der Waals surface area (Å²) >= 11 is 1.89. The third kappa shape index (κ3) is 7.24. The zero-order chi connectivity index (χ0) is 48.1. The maximum atomic E-state index is 2.60. The van der Waals surface area contributed by atoms with E-state index in [4.69, 9.17) is 0 Å². The van der Waals surface area contributed by atoms with Crippen LogP contribution in [-0.2, 0) is 10.8 Å². The van der Waals surface area contributed by atoms with Gasteiger partial charge in [-0.05, 0) is 119 Å². The lowest BCUT2D eigenvalue weighted by Gasteiger charge is -2.28. The summed E-state index contributed by atoms with van der Waals surface area (Å²) in [4.78, 5) is 4.94. The van der Waals surface area contributed by atoms with Crippen molar-refractivity contribution in [3.05, 3.63) is 222 Å². The number of hydrogen-bond donors (Lipinski definition) is 0. The summed E-state index contributed by atoms with van der Waals surface area (Å²) in [5, 5.41) is 9.89. The van der Waals surface area contributed by atoms with Crippen molar-refractivity contribution >= 4 is 109 Å². The average Bonchev–Trinajstić information content (AvgIpc) is 3.91. The average molecular weight is 924 g/mol. The number of aromatic nitrogens is 1. The van der Waals surface area contributed by atoms with E-state index in [1.54, 1.807) is 0 Å². The minimum atomic E-state index is 0.0277. The molecule has 0 atom stereocenters. The Kier molecular flexibility index (Phi) is 10.3. The Bertz CT molecular complexity index is 3750. The molecule has 0 amide bonds. The van der Waals surface area contributed by atoms with Gasteiger partial charge in [0.25, 0.3) is 0 Å². The number of aryl methyl sites for hydroxylation is 2. The molecule has 12 rings (SSSR count). The van der Waals surface area contributed by atoms with Gasteiger partial charge in [0.05, 0.1) is 32.8 Å². The first-order valence-electron chi connectivity index (χ1n) is 24.6. The van der Waals surface area contributed by atoms with Crippen LogP contribution < -0.4 is 9.80 Å². The quantitative estimate of drug-likeness (QED) is 0.158. The van der Waals surface area contributed by atoms with Gasteiger partial charge in [0.1, 0.15) is 0 Å². The summed E-state index contributed by atoms with van der Waals surface area (Å²) in [6, 6.07) is 75.4. The Hall–Kier alpha value is -7.66. The summed E-state index contributed by atoms with van der Waals surface area (Å²) in [7, 11) is 0. The number of nitrogens with zero attached hydrogens (tertiary/aromatic N) is 3. The van der Waals surface area contributed by atoms with Crippen molar-refractivity contribution < 1.29 is 0 Å². The molecule has 0 aliphatic carbocycles.